The van der Waals surface area contributed by atoms with Crippen molar-refractivity contribution in [3.8, 4) is 0 Å². The van der Waals surface area contributed by atoms with Crippen molar-refractivity contribution in [1.29, 1.82) is 0 Å². The minimum Gasteiger partial charge on any atom is -0.381 e. The number of amides is 1. The van der Waals surface area contributed by atoms with E-state index >= 15 is 0 Å². The number of pyridine rings is 1. The zero-order chi connectivity index (χ0) is 27.5. The van der Waals surface area contributed by atoms with Crippen LogP contribution >= 0.6 is 11.6 Å². The maximum atomic E-state index is 12.8. The fourth-order valence-electron chi connectivity index (χ4n) is 4.26. The average Bonchev–Trinajstić information content (AvgIpc) is 3.45. The van der Waals surface area contributed by atoms with Crippen LogP contribution in [0.15, 0.2) is 49.2 Å². The van der Waals surface area contributed by atoms with E-state index in [2.05, 4.69) is 28.5 Å². The van der Waals surface area contributed by atoms with Gasteiger partial charge in [-0.1, -0.05) is 43.8 Å². The molecule has 2 aromatic rings. The highest BCUT2D eigenvalue weighted by molar-refractivity contribution is 6.34. The lowest BCUT2D eigenvalue weighted by atomic mass is 10.1. The molecule has 38 heavy (non-hydrogen) atoms. The summed E-state index contributed by atoms with van der Waals surface area (Å²) in [6.45, 7) is 17.2. The second-order valence-electron chi connectivity index (χ2n) is 9.50. The van der Waals surface area contributed by atoms with Crippen LogP contribution in [0.5, 0.6) is 0 Å². The van der Waals surface area contributed by atoms with Crippen LogP contribution in [0, 0.1) is 5.92 Å². The summed E-state index contributed by atoms with van der Waals surface area (Å²) in [5.74, 6) is 0.570. The lowest BCUT2D eigenvalue weighted by molar-refractivity contribution is -0.0757. The summed E-state index contributed by atoms with van der Waals surface area (Å²) in [6.07, 6.45) is 4.26. The number of nitrogens with zero attached hydrogens (tertiary/aromatic N) is 3. The average molecular weight is 543 g/mol. The van der Waals surface area contributed by atoms with Crippen LogP contribution in [0.3, 0.4) is 0 Å². The van der Waals surface area contributed by atoms with Crippen LogP contribution in [0.25, 0.3) is 12.2 Å². The predicted octanol–water partition coefficient (Wildman–Crippen LogP) is 3.05. The Balaban J connectivity index is 0.000000304. The highest BCUT2D eigenvalue weighted by Crippen LogP contribution is 2.24. The van der Waals surface area contributed by atoms with Crippen molar-refractivity contribution < 1.29 is 19.5 Å². The number of rotatable bonds is 8. The Labute approximate surface area is 230 Å². The van der Waals surface area contributed by atoms with Gasteiger partial charge in [-0.05, 0) is 60.7 Å². The monoisotopic (exact) mass is 542 g/mol. The van der Waals surface area contributed by atoms with Crippen molar-refractivity contribution in [3.63, 3.8) is 0 Å². The summed E-state index contributed by atoms with van der Waals surface area (Å²) in [4.78, 5) is 26.3. The minimum absolute atomic E-state index is 0.0510. The number of aliphatic hydroxyl groups is 1. The lowest BCUT2D eigenvalue weighted by Crippen LogP contribution is -2.49. The van der Waals surface area contributed by atoms with Gasteiger partial charge in [0.15, 0.2) is 6.29 Å². The number of hydrogen-bond acceptors (Lipinski definition) is 7. The van der Waals surface area contributed by atoms with Gasteiger partial charge in [-0.2, -0.15) is 0 Å². The van der Waals surface area contributed by atoms with Crippen molar-refractivity contribution in [2.45, 2.75) is 33.0 Å². The second kappa shape index (κ2) is 15.0. The van der Waals surface area contributed by atoms with Gasteiger partial charge in [0.1, 0.15) is 0 Å². The molecular weight excluding hydrogens is 504 g/mol. The molecule has 2 aliphatic rings. The maximum absolute atomic E-state index is 12.8. The van der Waals surface area contributed by atoms with Crippen molar-refractivity contribution in [3.05, 3.63) is 70.3 Å². The van der Waals surface area contributed by atoms with Crippen molar-refractivity contribution in [2.75, 3.05) is 51.4 Å². The molecule has 3 heterocycles. The zero-order valence-corrected chi connectivity index (χ0v) is 23.1. The van der Waals surface area contributed by atoms with E-state index in [4.69, 9.17) is 21.2 Å². The third-order valence-electron chi connectivity index (χ3n) is 6.63. The highest BCUT2D eigenvalue weighted by atomic mass is 35.5. The summed E-state index contributed by atoms with van der Waals surface area (Å²) < 4.78 is 5.44. The van der Waals surface area contributed by atoms with Crippen LogP contribution in [-0.4, -0.2) is 78.0 Å². The SMILES string of the molecule is C=C/C(C)=c1/ncccc1=C.CCC(O)ONc1ccc(C(=O)N2CCN(CC3CCOC3)CC2)c(Cl)c1. The number of carbonyl (C=O) groups is 1. The first-order valence-electron chi connectivity index (χ1n) is 13.0. The van der Waals surface area contributed by atoms with Gasteiger partial charge in [0.25, 0.3) is 5.91 Å². The molecule has 0 bridgehead atoms. The Bertz CT molecular complexity index is 1180. The molecule has 0 spiro atoms. The maximum Gasteiger partial charge on any atom is 0.255 e. The molecule has 1 amide bonds. The zero-order valence-electron chi connectivity index (χ0n) is 22.4. The Morgan fingerprint density at radius 3 is 2.71 bits per heavy atom. The summed E-state index contributed by atoms with van der Waals surface area (Å²) in [5.41, 5.74) is 4.78. The quantitative estimate of drug-likeness (QED) is 0.391. The van der Waals surface area contributed by atoms with Gasteiger partial charge in [-0.3, -0.25) is 20.2 Å². The molecule has 9 heteroatoms. The number of anilines is 1. The van der Waals surface area contributed by atoms with E-state index in [-0.39, 0.29) is 5.91 Å². The fourth-order valence-corrected chi connectivity index (χ4v) is 4.52. The van der Waals surface area contributed by atoms with Crippen molar-refractivity contribution in [2.24, 2.45) is 5.92 Å². The van der Waals surface area contributed by atoms with Crippen LogP contribution < -0.4 is 16.0 Å². The van der Waals surface area contributed by atoms with Crippen LogP contribution in [0.1, 0.15) is 37.0 Å². The molecule has 2 aliphatic heterocycles. The number of aliphatic hydroxyl groups excluding tert-OH is 1. The lowest BCUT2D eigenvalue weighted by Gasteiger charge is -2.36. The van der Waals surface area contributed by atoms with Crippen LogP contribution in [0.4, 0.5) is 5.69 Å². The van der Waals surface area contributed by atoms with Gasteiger partial charge < -0.3 is 14.7 Å². The topological polar surface area (TPSA) is 87.2 Å². The van der Waals surface area contributed by atoms with E-state index < -0.39 is 6.29 Å². The van der Waals surface area contributed by atoms with Crippen LogP contribution in [-0.2, 0) is 9.57 Å². The number of benzene rings is 1. The molecule has 1 aromatic carbocycles. The molecule has 206 valence electrons. The number of allylic oxidation sites excluding steroid dienone is 1. The Morgan fingerprint density at radius 2 is 2.11 bits per heavy atom. The third kappa shape index (κ3) is 8.64. The molecule has 2 fully saturated rings. The standard InChI is InChI=1S/C19H28ClN3O4.C10H11N/c1-2-18(24)27-21-15-3-4-16(17(20)11-15)19(25)23-8-6-22(7-9-23)12-14-5-10-26-13-14;1-4-8(2)10-9(3)6-5-7-11-10/h3-4,11,14,18,21,24H,2,5-10,12-13H2,1H3;4-7H,1,3H2,2H3/b;10-8+. The predicted molar refractivity (Wildman–Crippen MR) is 152 cm³/mol. The second-order valence-corrected chi connectivity index (χ2v) is 9.91. The van der Waals surface area contributed by atoms with Gasteiger partial charge in [-0.15, -0.1) is 0 Å². The molecule has 2 unspecified atom stereocenters. The van der Waals surface area contributed by atoms with Gasteiger partial charge in [0.05, 0.1) is 28.2 Å². The Kier molecular flexibility index (Phi) is 11.8. The van der Waals surface area contributed by atoms with Gasteiger partial charge in [-0.25, -0.2) is 4.84 Å². The molecule has 2 saturated heterocycles. The van der Waals surface area contributed by atoms with Gasteiger partial charge in [0.2, 0.25) is 0 Å². The third-order valence-corrected chi connectivity index (χ3v) is 6.95. The highest BCUT2D eigenvalue weighted by Gasteiger charge is 2.26. The number of carbonyl (C=O) groups excluding carboxylic acids is 1. The van der Waals surface area contributed by atoms with E-state index in [1.165, 1.54) is 0 Å². The summed E-state index contributed by atoms with van der Waals surface area (Å²) in [5, 5.41) is 11.7. The number of piperazine rings is 1. The van der Waals surface area contributed by atoms with E-state index in [1.54, 1.807) is 30.5 Å². The summed E-state index contributed by atoms with van der Waals surface area (Å²) >= 11 is 6.30. The van der Waals surface area contributed by atoms with E-state index in [0.29, 0.717) is 41.7 Å². The molecule has 4 rings (SSSR count). The first-order valence-corrected chi connectivity index (χ1v) is 13.4. The van der Waals surface area contributed by atoms with Crippen molar-refractivity contribution >= 4 is 35.3 Å². The Hall–Kier alpha value is -2.75. The van der Waals surface area contributed by atoms with E-state index in [1.807, 2.05) is 30.9 Å². The summed E-state index contributed by atoms with van der Waals surface area (Å²) in [6, 6.07) is 8.86. The molecule has 1 aromatic heterocycles. The molecule has 2 N–H and O–H groups in total. The molecule has 8 nitrogen and oxygen atoms in total. The number of halogens is 1. The number of aromatic nitrogens is 1. The molecule has 0 aliphatic carbocycles. The fraction of sp³-hybridized carbons (Fsp3) is 0.448. The first-order chi connectivity index (χ1) is 18.3. The number of hydrogen-bond donors (Lipinski definition) is 2. The summed E-state index contributed by atoms with van der Waals surface area (Å²) in [7, 11) is 0. The van der Waals surface area contributed by atoms with Gasteiger partial charge in [0, 0.05) is 45.5 Å². The molecule has 0 saturated carbocycles. The number of ether oxygens (including phenoxy) is 1. The van der Waals surface area contributed by atoms with E-state index in [0.717, 1.165) is 55.4 Å². The first kappa shape index (κ1) is 29.8. The smallest absolute Gasteiger partial charge is 0.255 e. The number of nitrogens with one attached hydrogen (secondary N) is 1. The molecule has 2 atom stereocenters. The van der Waals surface area contributed by atoms with E-state index in [9.17, 15) is 9.90 Å². The molecule has 0 radical (unpaired) electrons. The van der Waals surface area contributed by atoms with Crippen LogP contribution in [0.2, 0.25) is 5.02 Å². The van der Waals surface area contributed by atoms with Gasteiger partial charge >= 0.3 is 0 Å². The largest absolute Gasteiger partial charge is 0.381 e. The normalized spacial score (nSPS) is 19.3. The Morgan fingerprint density at radius 1 is 1.34 bits per heavy atom. The van der Waals surface area contributed by atoms with Crippen molar-refractivity contribution in [1.82, 2.24) is 14.8 Å². The molecular formula is C29H39ClN4O4. The minimum atomic E-state index is -0.892.